The molecule has 1 aromatic carbocycles. The lowest BCUT2D eigenvalue weighted by Gasteiger charge is -2.37. The van der Waals surface area contributed by atoms with E-state index in [2.05, 4.69) is 10.00 Å². The molecular weight excluding hydrogens is 456 g/mol. The Balaban J connectivity index is 1.59. The third-order valence-electron chi connectivity index (χ3n) is 6.08. The molecule has 1 aromatic heterocycles. The van der Waals surface area contributed by atoms with Crippen LogP contribution in [-0.2, 0) is 4.74 Å². The van der Waals surface area contributed by atoms with Crippen molar-refractivity contribution in [2.45, 2.75) is 64.6 Å². The zero-order chi connectivity index (χ0) is 24.3. The number of aromatic nitrogens is 2. The molecule has 1 saturated heterocycles. The van der Waals surface area contributed by atoms with Crippen molar-refractivity contribution >= 4 is 23.4 Å². The first-order chi connectivity index (χ1) is 16.2. The number of nitrogens with zero attached hydrogens (tertiary/aromatic N) is 4. The van der Waals surface area contributed by atoms with Gasteiger partial charge in [-0.1, -0.05) is 24.1 Å². The van der Waals surface area contributed by atoms with Crippen LogP contribution in [0.25, 0.3) is 5.69 Å². The highest BCUT2D eigenvalue weighted by Gasteiger charge is 2.29. The summed E-state index contributed by atoms with van der Waals surface area (Å²) in [5.41, 5.74) is 0.411. The molecule has 0 bridgehead atoms. The Morgan fingerprint density at radius 3 is 2.44 bits per heavy atom. The number of ether oxygens (including phenoxy) is 2. The average Bonchev–Trinajstić information content (AvgIpc) is 2.80. The van der Waals surface area contributed by atoms with Gasteiger partial charge in [0.25, 0.3) is 0 Å². The van der Waals surface area contributed by atoms with E-state index in [-0.39, 0.29) is 17.8 Å². The first-order valence-electron chi connectivity index (χ1n) is 12.0. The third kappa shape index (κ3) is 5.84. The summed E-state index contributed by atoms with van der Waals surface area (Å²) >= 11 is 6.15. The number of benzene rings is 1. The molecular formula is C25H33ClN4O4. The zero-order valence-corrected chi connectivity index (χ0v) is 20.9. The second-order valence-corrected chi connectivity index (χ2v) is 10.3. The maximum absolute atomic E-state index is 13.6. The summed E-state index contributed by atoms with van der Waals surface area (Å²) in [5.74, 6) is 0.313. The molecule has 4 rings (SSSR count). The predicted molar refractivity (Wildman–Crippen MR) is 132 cm³/mol. The first kappa shape index (κ1) is 24.4. The number of carbonyl (C=O) groups excluding carboxylic acids is 1. The van der Waals surface area contributed by atoms with Crippen LogP contribution in [0.3, 0.4) is 0 Å². The van der Waals surface area contributed by atoms with E-state index in [1.54, 1.807) is 35.4 Å². The molecule has 0 spiro atoms. The highest BCUT2D eigenvalue weighted by Crippen LogP contribution is 2.30. The van der Waals surface area contributed by atoms with Gasteiger partial charge in [-0.25, -0.2) is 4.79 Å². The summed E-state index contributed by atoms with van der Waals surface area (Å²) in [5, 5.41) is 4.97. The fourth-order valence-corrected chi connectivity index (χ4v) is 4.55. The van der Waals surface area contributed by atoms with Gasteiger partial charge in [0.05, 0.1) is 18.0 Å². The van der Waals surface area contributed by atoms with Crippen molar-refractivity contribution in [1.29, 1.82) is 0 Å². The molecule has 0 unspecified atom stereocenters. The van der Waals surface area contributed by atoms with Crippen molar-refractivity contribution in [2.24, 2.45) is 0 Å². The van der Waals surface area contributed by atoms with Crippen LogP contribution in [0.5, 0.6) is 5.75 Å². The highest BCUT2D eigenvalue weighted by molar-refractivity contribution is 6.30. The monoisotopic (exact) mass is 488 g/mol. The fraction of sp³-hybridized carbons (Fsp3) is 0.560. The minimum absolute atomic E-state index is 0.0125. The van der Waals surface area contributed by atoms with E-state index in [1.807, 2.05) is 20.8 Å². The molecule has 34 heavy (non-hydrogen) atoms. The number of hydrogen-bond acceptors (Lipinski definition) is 6. The molecule has 9 heteroatoms. The SMILES string of the molecule is CC(C)(C)OC(=O)N1CCN(c2cnn(-c3cccc(Cl)c3)c(=O)c2OC2CCCCC2)CC1. The maximum atomic E-state index is 13.6. The summed E-state index contributed by atoms with van der Waals surface area (Å²) in [6, 6.07) is 7.05. The van der Waals surface area contributed by atoms with E-state index in [4.69, 9.17) is 21.1 Å². The lowest BCUT2D eigenvalue weighted by molar-refractivity contribution is 0.0240. The Kier molecular flexibility index (Phi) is 7.36. The Bertz CT molecular complexity index is 1070. The normalized spacial score (nSPS) is 17.5. The molecule has 2 aromatic rings. The molecule has 2 heterocycles. The number of hydrogen-bond donors (Lipinski definition) is 0. The maximum Gasteiger partial charge on any atom is 0.410 e. The number of anilines is 1. The standard InChI is InChI=1S/C25H33ClN4O4/c1-25(2,3)34-24(32)29-14-12-28(13-15-29)21-17-27-30(19-9-7-8-18(26)16-19)23(31)22(21)33-20-10-5-4-6-11-20/h7-9,16-17,20H,4-6,10-15H2,1-3H3. The second-order valence-electron chi connectivity index (χ2n) is 9.89. The predicted octanol–water partition coefficient (Wildman–Crippen LogP) is 4.65. The fourth-order valence-electron chi connectivity index (χ4n) is 4.36. The topological polar surface area (TPSA) is 76.9 Å². The van der Waals surface area contributed by atoms with Crippen LogP contribution < -0.4 is 15.2 Å². The number of rotatable bonds is 4. The molecule has 184 valence electrons. The largest absolute Gasteiger partial charge is 0.483 e. The van der Waals surface area contributed by atoms with Gasteiger partial charge in [-0.3, -0.25) is 4.79 Å². The average molecular weight is 489 g/mol. The summed E-state index contributed by atoms with van der Waals surface area (Å²) in [4.78, 5) is 29.8. The second kappa shape index (κ2) is 10.3. The van der Waals surface area contributed by atoms with Crippen LogP contribution in [0.15, 0.2) is 35.3 Å². The lowest BCUT2D eigenvalue weighted by atomic mass is 9.98. The van der Waals surface area contributed by atoms with Crippen LogP contribution in [0.4, 0.5) is 10.5 Å². The van der Waals surface area contributed by atoms with Gasteiger partial charge in [0.15, 0.2) is 0 Å². The number of halogens is 1. The minimum atomic E-state index is -0.538. The van der Waals surface area contributed by atoms with Gasteiger partial charge in [0, 0.05) is 31.2 Å². The molecule has 2 aliphatic rings. The van der Waals surface area contributed by atoms with Crippen LogP contribution in [0, 0.1) is 0 Å². The van der Waals surface area contributed by atoms with E-state index < -0.39 is 5.60 Å². The molecule has 0 radical (unpaired) electrons. The molecule has 1 saturated carbocycles. The Labute approximate surface area is 205 Å². The number of carbonyl (C=O) groups is 1. The van der Waals surface area contributed by atoms with Crippen molar-refractivity contribution in [2.75, 3.05) is 31.1 Å². The molecule has 1 aliphatic heterocycles. The van der Waals surface area contributed by atoms with Crippen LogP contribution in [-0.4, -0.2) is 58.7 Å². The Morgan fingerprint density at radius 1 is 1.09 bits per heavy atom. The van der Waals surface area contributed by atoms with E-state index in [0.29, 0.717) is 48.3 Å². The lowest BCUT2D eigenvalue weighted by Crippen LogP contribution is -2.50. The summed E-state index contributed by atoms with van der Waals surface area (Å²) in [7, 11) is 0. The van der Waals surface area contributed by atoms with Crippen molar-refractivity contribution in [3.8, 4) is 11.4 Å². The van der Waals surface area contributed by atoms with E-state index in [0.717, 1.165) is 25.7 Å². The van der Waals surface area contributed by atoms with Gasteiger partial charge in [0.1, 0.15) is 11.3 Å². The molecule has 0 N–H and O–H groups in total. The first-order valence-corrected chi connectivity index (χ1v) is 12.4. The van der Waals surface area contributed by atoms with Crippen molar-refractivity contribution in [3.05, 3.63) is 45.8 Å². The smallest absolute Gasteiger partial charge is 0.410 e. The third-order valence-corrected chi connectivity index (χ3v) is 6.31. The molecule has 1 amide bonds. The van der Waals surface area contributed by atoms with Crippen molar-refractivity contribution < 1.29 is 14.3 Å². The highest BCUT2D eigenvalue weighted by atomic mass is 35.5. The quantitative estimate of drug-likeness (QED) is 0.623. The van der Waals surface area contributed by atoms with Crippen LogP contribution in [0.1, 0.15) is 52.9 Å². The minimum Gasteiger partial charge on any atom is -0.483 e. The van der Waals surface area contributed by atoms with Gasteiger partial charge < -0.3 is 19.3 Å². The van der Waals surface area contributed by atoms with Gasteiger partial charge >= 0.3 is 11.7 Å². The van der Waals surface area contributed by atoms with E-state index in [9.17, 15) is 9.59 Å². The van der Waals surface area contributed by atoms with Gasteiger partial charge in [-0.2, -0.15) is 9.78 Å². The molecule has 0 atom stereocenters. The summed E-state index contributed by atoms with van der Waals surface area (Å²) < 4.78 is 13.2. The van der Waals surface area contributed by atoms with Crippen LogP contribution in [0.2, 0.25) is 5.02 Å². The molecule has 1 aliphatic carbocycles. The van der Waals surface area contributed by atoms with Crippen LogP contribution >= 0.6 is 11.6 Å². The van der Waals surface area contributed by atoms with Gasteiger partial charge in [-0.05, 0) is 64.7 Å². The molecule has 2 fully saturated rings. The van der Waals surface area contributed by atoms with Gasteiger partial charge in [-0.15, -0.1) is 0 Å². The molecule has 8 nitrogen and oxygen atoms in total. The van der Waals surface area contributed by atoms with Crippen molar-refractivity contribution in [3.63, 3.8) is 0 Å². The van der Waals surface area contributed by atoms with Gasteiger partial charge in [0.2, 0.25) is 5.75 Å². The van der Waals surface area contributed by atoms with E-state index in [1.165, 1.54) is 11.1 Å². The Morgan fingerprint density at radius 2 is 1.79 bits per heavy atom. The zero-order valence-electron chi connectivity index (χ0n) is 20.1. The summed E-state index contributed by atoms with van der Waals surface area (Å²) in [6.07, 6.45) is 6.64. The Hall–Kier alpha value is -2.74. The summed E-state index contributed by atoms with van der Waals surface area (Å²) in [6.45, 7) is 7.68. The van der Waals surface area contributed by atoms with Crippen molar-refractivity contribution in [1.82, 2.24) is 14.7 Å². The van der Waals surface area contributed by atoms with E-state index >= 15 is 0 Å². The number of piperazine rings is 1. The number of amides is 1.